The number of rotatable bonds is 5. The third-order valence-corrected chi connectivity index (χ3v) is 2.71. The second-order valence-corrected chi connectivity index (χ2v) is 4.23. The molecule has 1 aliphatic heterocycles. The maximum atomic E-state index is 11.1. The lowest BCUT2D eigenvalue weighted by Gasteiger charge is -2.12. The van der Waals surface area contributed by atoms with Gasteiger partial charge >= 0.3 is 0 Å². The summed E-state index contributed by atoms with van der Waals surface area (Å²) >= 11 is 0. The third-order valence-electron chi connectivity index (χ3n) is 2.71. The van der Waals surface area contributed by atoms with Gasteiger partial charge in [0.1, 0.15) is 11.6 Å². The molecule has 102 valence electrons. The molecule has 0 radical (unpaired) electrons. The van der Waals surface area contributed by atoms with Crippen molar-refractivity contribution in [2.45, 2.75) is 19.4 Å². The number of hydrogen-bond acceptors (Lipinski definition) is 6. The van der Waals surface area contributed by atoms with E-state index in [1.165, 1.54) is 12.1 Å². The van der Waals surface area contributed by atoms with E-state index in [1.807, 2.05) is 6.92 Å². The molecule has 1 aliphatic rings. The van der Waals surface area contributed by atoms with E-state index in [9.17, 15) is 14.9 Å². The average molecular weight is 265 g/mol. The van der Waals surface area contributed by atoms with Gasteiger partial charge < -0.3 is 16.0 Å². The second kappa shape index (κ2) is 5.51. The molecule has 1 atom stereocenters. The largest absolute Gasteiger partial charge is 0.370 e. The van der Waals surface area contributed by atoms with Crippen LogP contribution >= 0.6 is 0 Å². The Kier molecular flexibility index (Phi) is 3.79. The summed E-state index contributed by atoms with van der Waals surface area (Å²) in [7, 11) is 0. The minimum atomic E-state index is -0.467. The minimum absolute atomic E-state index is 0.0326. The van der Waals surface area contributed by atoms with Gasteiger partial charge in [0, 0.05) is 19.5 Å². The molecule has 1 unspecified atom stereocenters. The van der Waals surface area contributed by atoms with Crippen LogP contribution in [0, 0.1) is 10.1 Å². The molecule has 19 heavy (non-hydrogen) atoms. The molecule has 2 heterocycles. The van der Waals surface area contributed by atoms with Crippen molar-refractivity contribution in [3.63, 3.8) is 0 Å². The number of aromatic nitrogens is 1. The summed E-state index contributed by atoms with van der Waals surface area (Å²) in [6.45, 7) is 3.00. The van der Waals surface area contributed by atoms with E-state index >= 15 is 0 Å². The van der Waals surface area contributed by atoms with E-state index in [4.69, 9.17) is 0 Å². The summed E-state index contributed by atoms with van der Waals surface area (Å²) in [5.41, 5.74) is -0.0364. The topological polar surface area (TPSA) is 109 Å². The SMILES string of the molecule is CCNc1cc([N+](=O)[O-])cc(NC2CNC(=O)C2)n1. The predicted octanol–water partition coefficient (Wildman–Crippen LogP) is 0.722. The quantitative estimate of drug-likeness (QED) is 0.534. The molecular weight excluding hydrogens is 250 g/mol. The molecule has 1 aromatic rings. The Morgan fingerprint density at radius 1 is 1.53 bits per heavy atom. The van der Waals surface area contributed by atoms with Crippen LogP contribution in [-0.4, -0.2) is 34.9 Å². The Morgan fingerprint density at radius 2 is 2.26 bits per heavy atom. The van der Waals surface area contributed by atoms with Gasteiger partial charge in [-0.1, -0.05) is 0 Å². The van der Waals surface area contributed by atoms with Gasteiger partial charge in [0.2, 0.25) is 5.91 Å². The molecule has 0 spiro atoms. The van der Waals surface area contributed by atoms with Crippen molar-refractivity contribution in [2.24, 2.45) is 0 Å². The highest BCUT2D eigenvalue weighted by Crippen LogP contribution is 2.21. The normalized spacial score (nSPS) is 17.9. The van der Waals surface area contributed by atoms with Gasteiger partial charge in [0.25, 0.3) is 5.69 Å². The van der Waals surface area contributed by atoms with Crippen LogP contribution < -0.4 is 16.0 Å². The van der Waals surface area contributed by atoms with Crippen LogP contribution in [0.5, 0.6) is 0 Å². The lowest BCUT2D eigenvalue weighted by atomic mass is 10.2. The number of carbonyl (C=O) groups is 1. The number of nitrogens with zero attached hydrogens (tertiary/aromatic N) is 2. The first-order valence-corrected chi connectivity index (χ1v) is 6.02. The van der Waals surface area contributed by atoms with E-state index in [0.717, 1.165) is 0 Å². The number of anilines is 2. The van der Waals surface area contributed by atoms with Gasteiger partial charge in [-0.25, -0.2) is 4.98 Å². The standard InChI is InChI=1S/C11H15N5O3/c1-2-12-9-4-8(16(18)19)5-10(15-9)14-7-3-11(17)13-6-7/h4-5,7H,2-3,6H2,1H3,(H,13,17)(H2,12,14,15). The summed E-state index contributed by atoms with van der Waals surface area (Å²) in [5, 5.41) is 19.5. The van der Waals surface area contributed by atoms with Crippen molar-refractivity contribution >= 4 is 23.2 Å². The molecule has 0 bridgehead atoms. The number of pyridine rings is 1. The van der Waals surface area contributed by atoms with Crippen LogP contribution in [0.2, 0.25) is 0 Å². The number of hydrogen-bond donors (Lipinski definition) is 3. The van der Waals surface area contributed by atoms with Gasteiger partial charge in [-0.15, -0.1) is 0 Å². The summed E-state index contributed by atoms with van der Waals surface area (Å²) in [6, 6.07) is 2.66. The molecule has 0 aliphatic carbocycles. The maximum absolute atomic E-state index is 11.1. The first-order valence-electron chi connectivity index (χ1n) is 6.02. The molecule has 2 rings (SSSR count). The van der Waals surface area contributed by atoms with E-state index in [1.54, 1.807) is 0 Å². The second-order valence-electron chi connectivity index (χ2n) is 4.23. The summed E-state index contributed by atoms with van der Waals surface area (Å²) in [5.74, 6) is 0.804. The van der Waals surface area contributed by atoms with E-state index < -0.39 is 4.92 Å². The highest BCUT2D eigenvalue weighted by atomic mass is 16.6. The summed E-state index contributed by atoms with van der Waals surface area (Å²) in [6.07, 6.45) is 0.348. The smallest absolute Gasteiger partial charge is 0.276 e. The third kappa shape index (κ3) is 3.30. The van der Waals surface area contributed by atoms with Crippen LogP contribution in [0.15, 0.2) is 12.1 Å². The monoisotopic (exact) mass is 265 g/mol. The van der Waals surface area contributed by atoms with E-state index in [2.05, 4.69) is 20.9 Å². The maximum Gasteiger partial charge on any atom is 0.276 e. The molecule has 1 amide bonds. The predicted molar refractivity (Wildman–Crippen MR) is 70.1 cm³/mol. The molecule has 0 aromatic carbocycles. The first kappa shape index (κ1) is 13.1. The Balaban J connectivity index is 2.18. The summed E-state index contributed by atoms with van der Waals surface area (Å²) in [4.78, 5) is 25.7. The van der Waals surface area contributed by atoms with Gasteiger partial charge in [-0.05, 0) is 6.92 Å². The molecule has 1 saturated heterocycles. The Labute approximate surface area is 109 Å². The molecule has 8 nitrogen and oxygen atoms in total. The zero-order chi connectivity index (χ0) is 13.8. The first-order chi connectivity index (χ1) is 9.08. The van der Waals surface area contributed by atoms with Gasteiger partial charge in [-0.3, -0.25) is 14.9 Å². The van der Waals surface area contributed by atoms with Crippen molar-refractivity contribution in [1.29, 1.82) is 0 Å². The van der Waals surface area contributed by atoms with Crippen LogP contribution in [0.3, 0.4) is 0 Å². The van der Waals surface area contributed by atoms with Crippen molar-refractivity contribution in [1.82, 2.24) is 10.3 Å². The van der Waals surface area contributed by atoms with Crippen molar-refractivity contribution < 1.29 is 9.72 Å². The zero-order valence-electron chi connectivity index (χ0n) is 10.5. The number of amides is 1. The molecule has 3 N–H and O–H groups in total. The van der Waals surface area contributed by atoms with Crippen LogP contribution in [0.25, 0.3) is 0 Å². The van der Waals surface area contributed by atoms with Crippen LogP contribution in [0.4, 0.5) is 17.3 Å². The van der Waals surface area contributed by atoms with E-state index in [0.29, 0.717) is 31.1 Å². The Morgan fingerprint density at radius 3 is 2.84 bits per heavy atom. The minimum Gasteiger partial charge on any atom is -0.370 e. The van der Waals surface area contributed by atoms with Gasteiger partial charge in [0.15, 0.2) is 0 Å². The number of nitrogens with one attached hydrogen (secondary N) is 3. The number of nitro groups is 1. The van der Waals surface area contributed by atoms with Crippen molar-refractivity contribution in [3.8, 4) is 0 Å². The zero-order valence-corrected chi connectivity index (χ0v) is 10.5. The van der Waals surface area contributed by atoms with Crippen LogP contribution in [0.1, 0.15) is 13.3 Å². The Bertz CT molecular complexity index is 505. The molecule has 0 saturated carbocycles. The van der Waals surface area contributed by atoms with Crippen molar-refractivity contribution in [2.75, 3.05) is 23.7 Å². The average Bonchev–Trinajstić information content (AvgIpc) is 2.75. The molecule has 1 fully saturated rings. The van der Waals surface area contributed by atoms with E-state index in [-0.39, 0.29) is 17.6 Å². The summed E-state index contributed by atoms with van der Waals surface area (Å²) < 4.78 is 0. The fourth-order valence-electron chi connectivity index (χ4n) is 1.88. The molecular formula is C11H15N5O3. The fourth-order valence-corrected chi connectivity index (χ4v) is 1.88. The van der Waals surface area contributed by atoms with Crippen molar-refractivity contribution in [3.05, 3.63) is 22.2 Å². The lowest BCUT2D eigenvalue weighted by Crippen LogP contribution is -2.23. The van der Waals surface area contributed by atoms with Crippen LogP contribution in [-0.2, 0) is 4.79 Å². The molecule has 1 aromatic heterocycles. The fraction of sp³-hybridized carbons (Fsp3) is 0.455. The lowest BCUT2D eigenvalue weighted by molar-refractivity contribution is -0.384. The Hall–Kier alpha value is -2.38. The molecule has 8 heteroatoms. The van der Waals surface area contributed by atoms with Gasteiger partial charge in [-0.2, -0.15) is 0 Å². The van der Waals surface area contributed by atoms with Gasteiger partial charge in [0.05, 0.1) is 23.1 Å². The number of carbonyl (C=O) groups excluding carboxylic acids is 1. The highest BCUT2D eigenvalue weighted by molar-refractivity contribution is 5.79. The highest BCUT2D eigenvalue weighted by Gasteiger charge is 2.22.